The molecule has 114 valence electrons. The van der Waals surface area contributed by atoms with Crippen molar-refractivity contribution in [2.24, 2.45) is 5.92 Å². The van der Waals surface area contributed by atoms with Gasteiger partial charge in [-0.3, -0.25) is 9.59 Å². The van der Waals surface area contributed by atoms with E-state index in [9.17, 15) is 9.59 Å². The van der Waals surface area contributed by atoms with Crippen LogP contribution in [-0.2, 0) is 16.1 Å². The molecule has 3 rings (SSSR count). The fraction of sp³-hybridized carbons (Fsp3) is 0.625. The Labute approximate surface area is 129 Å². The van der Waals surface area contributed by atoms with Gasteiger partial charge >= 0.3 is 0 Å². The molecule has 0 aromatic carbocycles. The Morgan fingerprint density at radius 3 is 2.67 bits per heavy atom. The van der Waals surface area contributed by atoms with E-state index in [0.717, 1.165) is 31.2 Å². The Balaban J connectivity index is 1.92. The summed E-state index contributed by atoms with van der Waals surface area (Å²) in [5, 5.41) is 7.12. The Kier molecular flexibility index (Phi) is 3.78. The van der Waals surface area contributed by atoms with Crippen molar-refractivity contribution in [3.05, 3.63) is 22.4 Å². The highest BCUT2D eigenvalue weighted by atomic mass is 32.1. The lowest BCUT2D eigenvalue weighted by molar-refractivity contribution is -0.157. The van der Waals surface area contributed by atoms with Crippen molar-refractivity contribution in [1.29, 1.82) is 0 Å². The number of hydrogen-bond donors (Lipinski definition) is 1. The van der Waals surface area contributed by atoms with E-state index in [0.29, 0.717) is 6.54 Å². The molecule has 2 amide bonds. The largest absolute Gasteiger partial charge is 0.340 e. The summed E-state index contributed by atoms with van der Waals surface area (Å²) >= 11 is 1.63. The number of thiophene rings is 1. The van der Waals surface area contributed by atoms with Gasteiger partial charge in [0, 0.05) is 6.54 Å². The molecule has 2 fully saturated rings. The number of piperazine rings is 1. The van der Waals surface area contributed by atoms with Crippen molar-refractivity contribution in [1.82, 2.24) is 10.2 Å². The summed E-state index contributed by atoms with van der Waals surface area (Å²) in [4.78, 5) is 27.4. The third-order valence-corrected chi connectivity index (χ3v) is 5.39. The second-order valence-electron chi connectivity index (χ2n) is 6.53. The van der Waals surface area contributed by atoms with Gasteiger partial charge in [-0.25, -0.2) is 0 Å². The van der Waals surface area contributed by atoms with Crippen LogP contribution in [0.5, 0.6) is 0 Å². The molecule has 21 heavy (non-hydrogen) atoms. The van der Waals surface area contributed by atoms with Crippen molar-refractivity contribution in [2.45, 2.75) is 57.7 Å². The molecular formula is C16H22N2O2S. The molecule has 1 aromatic rings. The molecular weight excluding hydrogens is 284 g/mol. The monoisotopic (exact) mass is 306 g/mol. The second-order valence-corrected chi connectivity index (χ2v) is 7.31. The number of amides is 2. The molecule has 1 saturated heterocycles. The summed E-state index contributed by atoms with van der Waals surface area (Å²) in [7, 11) is 0. The zero-order valence-corrected chi connectivity index (χ0v) is 13.4. The van der Waals surface area contributed by atoms with Gasteiger partial charge in [0.1, 0.15) is 11.6 Å². The van der Waals surface area contributed by atoms with Crippen LogP contribution in [0.1, 0.15) is 45.1 Å². The van der Waals surface area contributed by atoms with Crippen LogP contribution in [0.25, 0.3) is 0 Å². The average Bonchev–Trinajstić information content (AvgIpc) is 3.07. The van der Waals surface area contributed by atoms with Crippen LogP contribution in [0, 0.1) is 5.92 Å². The number of carbonyl (C=O) groups excluding carboxylic acids is 2. The molecule has 4 nitrogen and oxygen atoms in total. The smallest absolute Gasteiger partial charge is 0.249 e. The minimum atomic E-state index is -0.626. The van der Waals surface area contributed by atoms with E-state index < -0.39 is 5.54 Å². The molecule has 1 unspecified atom stereocenters. The number of nitrogens with one attached hydrogen (secondary N) is 1. The first-order valence-electron chi connectivity index (χ1n) is 7.68. The van der Waals surface area contributed by atoms with E-state index in [1.165, 1.54) is 0 Å². The van der Waals surface area contributed by atoms with Gasteiger partial charge in [-0.15, -0.1) is 0 Å². The molecule has 2 heterocycles. The van der Waals surface area contributed by atoms with Gasteiger partial charge < -0.3 is 10.2 Å². The zero-order valence-electron chi connectivity index (χ0n) is 12.6. The van der Waals surface area contributed by atoms with Crippen LogP contribution in [0.4, 0.5) is 0 Å². The van der Waals surface area contributed by atoms with Crippen molar-refractivity contribution >= 4 is 23.2 Å². The summed E-state index contributed by atoms with van der Waals surface area (Å²) < 4.78 is 0. The van der Waals surface area contributed by atoms with E-state index >= 15 is 0 Å². The third kappa shape index (κ3) is 2.48. The van der Waals surface area contributed by atoms with Crippen LogP contribution in [0.2, 0.25) is 0 Å². The highest BCUT2D eigenvalue weighted by Gasteiger charge is 2.52. The lowest BCUT2D eigenvalue weighted by Gasteiger charge is -2.45. The van der Waals surface area contributed by atoms with E-state index in [4.69, 9.17) is 0 Å². The summed E-state index contributed by atoms with van der Waals surface area (Å²) in [5.74, 6) is 0.248. The van der Waals surface area contributed by atoms with Gasteiger partial charge in [0.25, 0.3) is 0 Å². The molecule has 0 radical (unpaired) electrons. The quantitative estimate of drug-likeness (QED) is 0.933. The lowest BCUT2D eigenvalue weighted by atomic mass is 9.87. The maximum atomic E-state index is 13.1. The Bertz CT molecular complexity index is 532. The molecule has 1 saturated carbocycles. The number of carbonyl (C=O) groups is 2. The van der Waals surface area contributed by atoms with E-state index in [1.54, 1.807) is 11.3 Å². The van der Waals surface area contributed by atoms with Gasteiger partial charge in [0.2, 0.25) is 11.8 Å². The predicted octanol–water partition coefficient (Wildman–Crippen LogP) is 2.54. The molecule has 2 aliphatic rings. The summed E-state index contributed by atoms with van der Waals surface area (Å²) in [6.45, 7) is 4.55. The highest BCUT2D eigenvalue weighted by Crippen LogP contribution is 2.36. The zero-order chi connectivity index (χ0) is 15.0. The maximum absolute atomic E-state index is 13.1. The van der Waals surface area contributed by atoms with Crippen LogP contribution in [0.3, 0.4) is 0 Å². The minimum Gasteiger partial charge on any atom is -0.340 e. The van der Waals surface area contributed by atoms with Gasteiger partial charge in [-0.1, -0.05) is 26.7 Å². The summed E-state index contributed by atoms with van der Waals surface area (Å²) in [5.41, 5.74) is 0.486. The number of hydrogen-bond acceptors (Lipinski definition) is 3. The van der Waals surface area contributed by atoms with E-state index in [1.807, 2.05) is 30.2 Å². The Morgan fingerprint density at radius 1 is 1.38 bits per heavy atom. The van der Waals surface area contributed by atoms with Gasteiger partial charge in [-0.2, -0.15) is 11.3 Å². The topological polar surface area (TPSA) is 49.4 Å². The van der Waals surface area contributed by atoms with E-state index in [2.05, 4.69) is 10.7 Å². The first-order chi connectivity index (χ1) is 10.0. The summed E-state index contributed by atoms with van der Waals surface area (Å²) in [6, 6.07) is 1.67. The molecule has 5 heteroatoms. The molecule has 1 aliphatic heterocycles. The highest BCUT2D eigenvalue weighted by molar-refractivity contribution is 7.07. The first-order valence-corrected chi connectivity index (χ1v) is 8.62. The van der Waals surface area contributed by atoms with Crippen molar-refractivity contribution in [2.75, 3.05) is 0 Å². The maximum Gasteiger partial charge on any atom is 0.249 e. The predicted molar refractivity (Wildman–Crippen MR) is 82.8 cm³/mol. The molecule has 1 atom stereocenters. The molecule has 1 aliphatic carbocycles. The van der Waals surface area contributed by atoms with Crippen LogP contribution < -0.4 is 5.32 Å². The average molecular weight is 306 g/mol. The normalized spacial score (nSPS) is 24.9. The second kappa shape index (κ2) is 5.44. The number of nitrogens with zero attached hydrogens (tertiary/aromatic N) is 1. The first kappa shape index (κ1) is 14.6. The van der Waals surface area contributed by atoms with Gasteiger partial charge in [-0.05, 0) is 41.1 Å². The van der Waals surface area contributed by atoms with E-state index in [-0.39, 0.29) is 23.8 Å². The van der Waals surface area contributed by atoms with Crippen LogP contribution in [-0.4, -0.2) is 28.3 Å². The molecule has 1 aromatic heterocycles. The summed E-state index contributed by atoms with van der Waals surface area (Å²) in [6.07, 6.45) is 3.60. The standard InChI is InChI=1S/C16H22N2O2S/c1-11(2)13-14(19)17-16(6-3-4-7-16)15(20)18(13)9-12-5-8-21-10-12/h5,8,10-11,13H,3-4,6-7,9H2,1-2H3,(H,17,19). The van der Waals surface area contributed by atoms with Gasteiger partial charge in [0.05, 0.1) is 0 Å². The van der Waals surface area contributed by atoms with Gasteiger partial charge in [0.15, 0.2) is 0 Å². The Hall–Kier alpha value is -1.36. The fourth-order valence-electron chi connectivity index (χ4n) is 3.64. The molecule has 1 N–H and O–H groups in total. The molecule has 0 bridgehead atoms. The van der Waals surface area contributed by atoms with Crippen LogP contribution >= 0.6 is 11.3 Å². The van der Waals surface area contributed by atoms with Crippen molar-refractivity contribution in [3.63, 3.8) is 0 Å². The third-order valence-electron chi connectivity index (χ3n) is 4.66. The van der Waals surface area contributed by atoms with Crippen molar-refractivity contribution < 1.29 is 9.59 Å². The molecule has 1 spiro atoms. The van der Waals surface area contributed by atoms with Crippen LogP contribution in [0.15, 0.2) is 16.8 Å². The van der Waals surface area contributed by atoms with Crippen molar-refractivity contribution in [3.8, 4) is 0 Å². The SMILES string of the molecule is CC(C)C1C(=O)NC2(CCCC2)C(=O)N1Cc1ccsc1. The number of rotatable bonds is 3. The fourth-order valence-corrected chi connectivity index (χ4v) is 4.30. The lowest BCUT2D eigenvalue weighted by Crippen LogP contribution is -2.70. The Morgan fingerprint density at radius 2 is 2.10 bits per heavy atom. The minimum absolute atomic E-state index is 0.0155.